The second-order valence-corrected chi connectivity index (χ2v) is 6.94. The average Bonchev–Trinajstić information content (AvgIpc) is 3.19. The fourth-order valence-electron chi connectivity index (χ4n) is 3.32. The van der Waals surface area contributed by atoms with Crippen LogP contribution in [-0.4, -0.2) is 59.9 Å². The minimum absolute atomic E-state index is 0.0377. The first kappa shape index (κ1) is 13.9. The van der Waals surface area contributed by atoms with Crippen LogP contribution in [0.3, 0.4) is 0 Å². The zero-order valence-corrected chi connectivity index (χ0v) is 12.5. The maximum atomic E-state index is 12.5. The predicted octanol–water partition coefficient (Wildman–Crippen LogP) is 0.454. The molecule has 0 radical (unpaired) electrons. The van der Waals surface area contributed by atoms with Crippen LogP contribution in [0.5, 0.6) is 0 Å². The summed E-state index contributed by atoms with van der Waals surface area (Å²) in [4.78, 5) is 28.9. The number of carbonyl (C=O) groups is 2. The molecule has 112 valence electrons. The van der Waals surface area contributed by atoms with Crippen molar-refractivity contribution in [2.45, 2.75) is 45.2 Å². The third-order valence-electron chi connectivity index (χ3n) is 4.59. The van der Waals surface area contributed by atoms with Crippen LogP contribution in [0.25, 0.3) is 0 Å². The van der Waals surface area contributed by atoms with Crippen molar-refractivity contribution in [3.8, 4) is 0 Å². The van der Waals surface area contributed by atoms with Gasteiger partial charge in [-0.25, -0.2) is 0 Å². The molecule has 0 aromatic rings. The highest BCUT2D eigenvalue weighted by Crippen LogP contribution is 2.30. The number of piperazine rings is 2. The normalized spacial score (nSPS) is 31.4. The predicted molar refractivity (Wildman–Crippen MR) is 76.1 cm³/mol. The average molecular weight is 279 g/mol. The molecule has 20 heavy (non-hydrogen) atoms. The van der Waals surface area contributed by atoms with Gasteiger partial charge in [0.05, 0.1) is 0 Å². The van der Waals surface area contributed by atoms with Crippen molar-refractivity contribution in [1.82, 2.24) is 15.1 Å². The van der Waals surface area contributed by atoms with E-state index in [0.29, 0.717) is 19.0 Å². The van der Waals surface area contributed by atoms with Crippen LogP contribution in [0.1, 0.15) is 33.1 Å². The van der Waals surface area contributed by atoms with Gasteiger partial charge in [0.2, 0.25) is 11.8 Å². The van der Waals surface area contributed by atoms with Gasteiger partial charge in [-0.1, -0.05) is 13.8 Å². The molecule has 0 spiro atoms. The van der Waals surface area contributed by atoms with E-state index in [1.165, 1.54) is 12.8 Å². The number of nitrogens with zero attached hydrogens (tertiary/aromatic N) is 2. The maximum absolute atomic E-state index is 12.5. The van der Waals surface area contributed by atoms with Crippen LogP contribution in [0.2, 0.25) is 0 Å². The second-order valence-electron chi connectivity index (χ2n) is 6.94. The first-order chi connectivity index (χ1) is 9.54. The van der Waals surface area contributed by atoms with Gasteiger partial charge in [0.25, 0.3) is 0 Å². The summed E-state index contributed by atoms with van der Waals surface area (Å²) in [6.45, 7) is 7.60. The van der Waals surface area contributed by atoms with Crippen molar-refractivity contribution in [1.29, 1.82) is 0 Å². The number of fused-ring (bicyclic) bond motifs is 1. The van der Waals surface area contributed by atoms with Gasteiger partial charge in [0.1, 0.15) is 12.1 Å². The second kappa shape index (κ2) is 5.35. The zero-order valence-electron chi connectivity index (χ0n) is 12.5. The number of carbonyl (C=O) groups excluding carboxylic acids is 2. The van der Waals surface area contributed by atoms with Gasteiger partial charge >= 0.3 is 0 Å². The van der Waals surface area contributed by atoms with Crippen molar-refractivity contribution in [3.05, 3.63) is 0 Å². The van der Waals surface area contributed by atoms with Crippen LogP contribution in [0.15, 0.2) is 0 Å². The number of nitrogens with one attached hydrogen (secondary N) is 1. The van der Waals surface area contributed by atoms with E-state index in [0.717, 1.165) is 25.4 Å². The highest BCUT2D eigenvalue weighted by atomic mass is 16.2. The fourth-order valence-corrected chi connectivity index (χ4v) is 3.32. The van der Waals surface area contributed by atoms with Gasteiger partial charge in [-0.3, -0.25) is 14.5 Å². The Morgan fingerprint density at radius 2 is 2.00 bits per heavy atom. The minimum Gasteiger partial charge on any atom is -0.342 e. The first-order valence-electron chi connectivity index (χ1n) is 7.88. The number of hydrogen-bond acceptors (Lipinski definition) is 3. The summed E-state index contributed by atoms with van der Waals surface area (Å²) in [5.41, 5.74) is 0. The summed E-state index contributed by atoms with van der Waals surface area (Å²) >= 11 is 0. The summed E-state index contributed by atoms with van der Waals surface area (Å²) < 4.78 is 0. The number of rotatable bonds is 4. The molecule has 3 aliphatic rings. The smallest absolute Gasteiger partial charge is 0.245 e. The highest BCUT2D eigenvalue weighted by Gasteiger charge is 2.43. The fraction of sp³-hybridized carbons (Fsp3) is 0.867. The number of amides is 2. The molecule has 5 heteroatoms. The summed E-state index contributed by atoms with van der Waals surface area (Å²) in [5, 5.41) is 2.93. The maximum Gasteiger partial charge on any atom is 0.245 e. The third kappa shape index (κ3) is 2.82. The first-order valence-corrected chi connectivity index (χ1v) is 7.88. The van der Waals surface area contributed by atoms with Crippen molar-refractivity contribution in [3.63, 3.8) is 0 Å². The monoisotopic (exact) mass is 279 g/mol. The quantitative estimate of drug-likeness (QED) is 0.813. The van der Waals surface area contributed by atoms with Crippen molar-refractivity contribution < 1.29 is 9.59 Å². The largest absolute Gasteiger partial charge is 0.342 e. The molecule has 1 aliphatic carbocycles. The molecule has 2 aliphatic heterocycles. The summed E-state index contributed by atoms with van der Waals surface area (Å²) in [5.74, 6) is 1.40. The lowest BCUT2D eigenvalue weighted by molar-refractivity contribution is -0.153. The van der Waals surface area contributed by atoms with Gasteiger partial charge < -0.3 is 10.2 Å². The molecule has 2 atom stereocenters. The Labute approximate surface area is 120 Å². The molecule has 2 amide bonds. The summed E-state index contributed by atoms with van der Waals surface area (Å²) in [6.07, 6.45) is 3.39. The van der Waals surface area contributed by atoms with E-state index in [1.807, 2.05) is 4.90 Å². The van der Waals surface area contributed by atoms with E-state index in [-0.39, 0.29) is 23.9 Å². The van der Waals surface area contributed by atoms with Gasteiger partial charge in [-0.05, 0) is 31.1 Å². The molecule has 1 N–H and O–H groups in total. The van der Waals surface area contributed by atoms with Crippen LogP contribution < -0.4 is 5.32 Å². The standard InChI is InChI=1S/C15H25N3O2/c1-10(2)7-12-15(20)18-6-5-17(8-11-3-4-11)9-13(18)14(19)16-12/h10-13H,3-9H2,1-2H3,(H,16,19)/t12-,13-/m1/s1. The Kier molecular flexibility index (Phi) is 3.71. The van der Waals surface area contributed by atoms with Crippen molar-refractivity contribution >= 4 is 11.8 Å². The van der Waals surface area contributed by atoms with Gasteiger partial charge in [0.15, 0.2) is 0 Å². The molecule has 2 heterocycles. The lowest BCUT2D eigenvalue weighted by Crippen LogP contribution is -2.69. The Bertz CT molecular complexity index is 406. The molecule has 0 aromatic heterocycles. The van der Waals surface area contributed by atoms with Gasteiger partial charge in [-0.15, -0.1) is 0 Å². The van der Waals surface area contributed by atoms with Crippen LogP contribution in [0, 0.1) is 11.8 Å². The SMILES string of the molecule is CC(C)C[C@H]1NC(=O)[C@H]2CN(CC3CC3)CCN2C1=O. The van der Waals surface area contributed by atoms with Crippen LogP contribution in [-0.2, 0) is 9.59 Å². The lowest BCUT2D eigenvalue weighted by atomic mass is 9.97. The molecule has 0 aromatic carbocycles. The molecular formula is C15H25N3O2. The zero-order chi connectivity index (χ0) is 14.3. The highest BCUT2D eigenvalue weighted by molar-refractivity contribution is 5.97. The van der Waals surface area contributed by atoms with E-state index in [1.54, 1.807) is 0 Å². The van der Waals surface area contributed by atoms with E-state index in [9.17, 15) is 9.59 Å². The van der Waals surface area contributed by atoms with Crippen molar-refractivity contribution in [2.75, 3.05) is 26.2 Å². The van der Waals surface area contributed by atoms with E-state index in [2.05, 4.69) is 24.1 Å². The molecule has 1 saturated carbocycles. The third-order valence-corrected chi connectivity index (χ3v) is 4.59. The van der Waals surface area contributed by atoms with Crippen LogP contribution >= 0.6 is 0 Å². The molecule has 2 saturated heterocycles. The number of hydrogen-bond donors (Lipinski definition) is 1. The van der Waals surface area contributed by atoms with E-state index >= 15 is 0 Å². The molecule has 0 bridgehead atoms. The van der Waals surface area contributed by atoms with Crippen LogP contribution in [0.4, 0.5) is 0 Å². The van der Waals surface area contributed by atoms with Crippen molar-refractivity contribution in [2.24, 2.45) is 11.8 Å². The summed E-state index contributed by atoms with van der Waals surface area (Å²) in [6, 6.07) is -0.577. The lowest BCUT2D eigenvalue weighted by Gasteiger charge is -2.45. The molecule has 3 fully saturated rings. The Hall–Kier alpha value is -1.10. The Morgan fingerprint density at radius 1 is 1.25 bits per heavy atom. The Morgan fingerprint density at radius 3 is 2.65 bits per heavy atom. The van der Waals surface area contributed by atoms with E-state index in [4.69, 9.17) is 0 Å². The molecule has 5 nitrogen and oxygen atoms in total. The van der Waals surface area contributed by atoms with Gasteiger partial charge in [0, 0.05) is 26.2 Å². The molecule has 3 rings (SSSR count). The minimum atomic E-state index is -0.311. The van der Waals surface area contributed by atoms with Gasteiger partial charge in [-0.2, -0.15) is 0 Å². The molecular weight excluding hydrogens is 254 g/mol. The molecule has 0 unspecified atom stereocenters. The Balaban J connectivity index is 1.64. The summed E-state index contributed by atoms with van der Waals surface area (Å²) in [7, 11) is 0. The topological polar surface area (TPSA) is 52.7 Å². The van der Waals surface area contributed by atoms with E-state index < -0.39 is 0 Å².